The summed E-state index contributed by atoms with van der Waals surface area (Å²) >= 11 is 0. The predicted molar refractivity (Wildman–Crippen MR) is 180 cm³/mol. The van der Waals surface area contributed by atoms with Crippen LogP contribution in [0.25, 0.3) is 0 Å². The molecule has 5 heterocycles. The van der Waals surface area contributed by atoms with Crippen LogP contribution in [0.2, 0.25) is 0 Å². The molecule has 268 valence electrons. The SMILES string of the molecule is CCC1C2CC3NC(CC4NC(CC5NC(CC(N2)C1C)C(C)=C5CCC(=O)O)C(CCC(=O)O)C4CC(=O)O)C(CCC(=O)O)=C3C. The molecule has 0 aromatic rings. The number of nitrogens with one attached hydrogen (secondary N) is 4. The van der Waals surface area contributed by atoms with Gasteiger partial charge in [-0.3, -0.25) is 19.2 Å². The molecule has 0 aliphatic carbocycles. The minimum absolute atomic E-state index is 0.0238. The van der Waals surface area contributed by atoms with Crippen LogP contribution in [0.5, 0.6) is 0 Å². The molecular weight excluding hydrogens is 616 g/mol. The summed E-state index contributed by atoms with van der Waals surface area (Å²) in [7, 11) is 0. The Bertz CT molecular complexity index is 1310. The van der Waals surface area contributed by atoms with Crippen LogP contribution < -0.4 is 21.3 Å². The smallest absolute Gasteiger partial charge is 0.303 e. The topological polar surface area (TPSA) is 197 Å². The van der Waals surface area contributed by atoms with Gasteiger partial charge in [0.05, 0.1) is 0 Å². The molecule has 8 bridgehead atoms. The maximum Gasteiger partial charge on any atom is 0.303 e. The maximum atomic E-state index is 12.3. The lowest BCUT2D eigenvalue weighted by Gasteiger charge is -2.28. The second-order valence-corrected chi connectivity index (χ2v) is 15.2. The lowest BCUT2D eigenvalue weighted by atomic mass is 9.78. The zero-order valence-corrected chi connectivity index (χ0v) is 28.8. The molecule has 0 radical (unpaired) electrons. The fourth-order valence-corrected chi connectivity index (χ4v) is 10.3. The van der Waals surface area contributed by atoms with Gasteiger partial charge in [0.2, 0.25) is 0 Å². The van der Waals surface area contributed by atoms with E-state index in [1.165, 1.54) is 11.1 Å². The molecule has 5 aliphatic heterocycles. The van der Waals surface area contributed by atoms with Gasteiger partial charge >= 0.3 is 23.9 Å². The number of hydrogen-bond acceptors (Lipinski definition) is 8. The van der Waals surface area contributed by atoms with Crippen molar-refractivity contribution in [2.45, 2.75) is 153 Å². The van der Waals surface area contributed by atoms with E-state index < -0.39 is 23.9 Å². The lowest BCUT2D eigenvalue weighted by molar-refractivity contribution is -0.139. The molecule has 0 spiro atoms. The molecule has 5 rings (SSSR count). The minimum Gasteiger partial charge on any atom is -0.481 e. The fraction of sp³-hybridized carbons (Fsp3) is 0.778. The van der Waals surface area contributed by atoms with Crippen molar-refractivity contribution in [1.82, 2.24) is 21.3 Å². The highest BCUT2D eigenvalue weighted by atomic mass is 16.4. The van der Waals surface area contributed by atoms with Gasteiger partial charge in [0.1, 0.15) is 0 Å². The van der Waals surface area contributed by atoms with Gasteiger partial charge in [0.25, 0.3) is 0 Å². The second-order valence-electron chi connectivity index (χ2n) is 15.2. The highest BCUT2D eigenvalue weighted by Gasteiger charge is 2.49. The number of carbonyl (C=O) groups is 4. The van der Waals surface area contributed by atoms with E-state index in [0.29, 0.717) is 43.9 Å². The fourth-order valence-electron chi connectivity index (χ4n) is 10.3. The molecular formula is C36H56N4O8. The Kier molecular flexibility index (Phi) is 11.7. The largest absolute Gasteiger partial charge is 0.481 e. The Balaban J connectivity index is 1.55. The van der Waals surface area contributed by atoms with E-state index in [0.717, 1.165) is 30.4 Å². The zero-order valence-electron chi connectivity index (χ0n) is 28.8. The summed E-state index contributed by atoms with van der Waals surface area (Å²) in [6, 6.07) is 0.0781. The van der Waals surface area contributed by atoms with Gasteiger partial charge in [-0.2, -0.15) is 0 Å². The zero-order chi connectivity index (χ0) is 34.9. The van der Waals surface area contributed by atoms with Crippen LogP contribution in [-0.4, -0.2) is 92.6 Å². The van der Waals surface area contributed by atoms with E-state index in [2.05, 4.69) is 49.0 Å². The molecule has 12 nitrogen and oxygen atoms in total. The van der Waals surface area contributed by atoms with Crippen molar-refractivity contribution in [3.05, 3.63) is 22.3 Å². The summed E-state index contributed by atoms with van der Waals surface area (Å²) in [5, 5.41) is 54.4. The number of fused-ring (bicyclic) bond motifs is 8. The molecule has 3 saturated heterocycles. The van der Waals surface area contributed by atoms with Crippen LogP contribution in [-0.2, 0) is 19.2 Å². The van der Waals surface area contributed by atoms with Crippen LogP contribution in [0, 0.1) is 23.7 Å². The third kappa shape index (κ3) is 7.98. The Labute approximate surface area is 283 Å². The monoisotopic (exact) mass is 672 g/mol. The van der Waals surface area contributed by atoms with Crippen molar-refractivity contribution in [3.8, 4) is 0 Å². The quantitative estimate of drug-likeness (QED) is 0.141. The second kappa shape index (κ2) is 15.4. The van der Waals surface area contributed by atoms with Crippen LogP contribution in [0.15, 0.2) is 22.3 Å². The van der Waals surface area contributed by atoms with Crippen LogP contribution in [0.1, 0.15) is 105 Å². The molecule has 48 heavy (non-hydrogen) atoms. The molecule has 0 amide bonds. The normalized spacial score (nSPS) is 38.1. The van der Waals surface area contributed by atoms with Crippen LogP contribution in [0.4, 0.5) is 0 Å². The molecule has 12 atom stereocenters. The van der Waals surface area contributed by atoms with E-state index in [9.17, 15) is 39.6 Å². The van der Waals surface area contributed by atoms with Crippen molar-refractivity contribution in [2.24, 2.45) is 23.7 Å². The summed E-state index contributed by atoms with van der Waals surface area (Å²) in [4.78, 5) is 47.5. The average Bonchev–Trinajstić information content (AvgIpc) is 3.67. The summed E-state index contributed by atoms with van der Waals surface area (Å²) < 4.78 is 0. The maximum absolute atomic E-state index is 12.3. The summed E-state index contributed by atoms with van der Waals surface area (Å²) in [6.45, 7) is 8.82. The predicted octanol–water partition coefficient (Wildman–Crippen LogP) is 3.52. The Morgan fingerprint density at radius 1 is 0.583 bits per heavy atom. The number of rotatable bonds is 12. The number of carboxylic acids is 4. The molecule has 3 fully saturated rings. The van der Waals surface area contributed by atoms with E-state index in [4.69, 9.17) is 0 Å². The van der Waals surface area contributed by atoms with E-state index >= 15 is 0 Å². The van der Waals surface area contributed by atoms with Gasteiger partial charge < -0.3 is 41.7 Å². The standard InChI is InChI=1S/C36H56N4O8/c1-5-20-17(2)25-13-26-18(3)21(6-9-33(41)42)29(38-26)15-31-23(8-11-35(45)46)24(12-36(47)48)32(40-31)16-30-22(7-10-34(43)44)19(4)27(39-30)14-28(20)37-25/h17,20,23-32,37-40H,5-16H2,1-4H3,(H,41,42)(H,43,44)(H,45,46)(H,47,48). The lowest BCUT2D eigenvalue weighted by Crippen LogP contribution is -2.46. The molecule has 0 aromatic carbocycles. The van der Waals surface area contributed by atoms with Crippen LogP contribution in [0.3, 0.4) is 0 Å². The molecule has 8 N–H and O–H groups in total. The molecule has 12 unspecified atom stereocenters. The third-order valence-electron chi connectivity index (χ3n) is 12.7. The first-order chi connectivity index (χ1) is 22.8. The van der Waals surface area contributed by atoms with Crippen molar-refractivity contribution in [3.63, 3.8) is 0 Å². The van der Waals surface area contributed by atoms with E-state index in [-0.39, 0.29) is 85.9 Å². The first kappa shape index (κ1) is 36.5. The summed E-state index contributed by atoms with van der Waals surface area (Å²) in [5.74, 6) is -3.13. The number of carboxylic acid groups (broad SMARTS) is 4. The Morgan fingerprint density at radius 3 is 1.50 bits per heavy atom. The highest BCUT2D eigenvalue weighted by molar-refractivity contribution is 5.68. The molecule has 0 saturated carbocycles. The van der Waals surface area contributed by atoms with Gasteiger partial charge in [0, 0.05) is 74.0 Å². The average molecular weight is 673 g/mol. The van der Waals surface area contributed by atoms with Crippen molar-refractivity contribution in [1.29, 1.82) is 0 Å². The molecule has 0 aromatic heterocycles. The van der Waals surface area contributed by atoms with Crippen molar-refractivity contribution < 1.29 is 39.6 Å². The Morgan fingerprint density at radius 2 is 1.02 bits per heavy atom. The first-order valence-electron chi connectivity index (χ1n) is 18.1. The van der Waals surface area contributed by atoms with Crippen LogP contribution >= 0.6 is 0 Å². The third-order valence-corrected chi connectivity index (χ3v) is 12.7. The molecule has 5 aliphatic rings. The Hall–Kier alpha value is -2.80. The summed E-state index contributed by atoms with van der Waals surface area (Å²) in [5.41, 5.74) is 4.58. The van der Waals surface area contributed by atoms with Gasteiger partial charge in [-0.15, -0.1) is 0 Å². The number of aliphatic carboxylic acids is 4. The van der Waals surface area contributed by atoms with Gasteiger partial charge in [-0.25, -0.2) is 0 Å². The van der Waals surface area contributed by atoms with E-state index in [1.54, 1.807) is 0 Å². The molecule has 12 heteroatoms. The first-order valence-corrected chi connectivity index (χ1v) is 18.1. The van der Waals surface area contributed by atoms with Gasteiger partial charge in [0.15, 0.2) is 0 Å². The van der Waals surface area contributed by atoms with Gasteiger partial charge in [-0.1, -0.05) is 42.6 Å². The highest BCUT2D eigenvalue weighted by Crippen LogP contribution is 2.43. The van der Waals surface area contributed by atoms with Crippen molar-refractivity contribution >= 4 is 23.9 Å². The summed E-state index contributed by atoms with van der Waals surface area (Å²) in [6.07, 6.45) is 5.07. The van der Waals surface area contributed by atoms with Gasteiger partial charge in [-0.05, 0) is 82.5 Å². The minimum atomic E-state index is -0.924. The van der Waals surface area contributed by atoms with E-state index in [1.807, 2.05) is 0 Å². The number of hydrogen-bond donors (Lipinski definition) is 8. The van der Waals surface area contributed by atoms with Crippen molar-refractivity contribution in [2.75, 3.05) is 0 Å².